The molecule has 0 heterocycles. The smallest absolute Gasteiger partial charge is 0.262 e. The van der Waals surface area contributed by atoms with Crippen LogP contribution in [0.2, 0.25) is 0 Å². The summed E-state index contributed by atoms with van der Waals surface area (Å²) in [6.45, 7) is 0.116. The van der Waals surface area contributed by atoms with Crippen molar-refractivity contribution in [1.82, 2.24) is 4.72 Å². The quantitative estimate of drug-likeness (QED) is 0.309. The standard InChI is InChI=1S/C26H23BrN2O4S/c27-26-23-9-5-4-8-20(23)10-15-24(26)33-18-25(30)29-21-11-13-22(14-12-21)34(31,32)28-17-16-19-6-2-1-3-7-19/h1-15,28H,16-18H2,(H,29,30). The van der Waals surface area contributed by atoms with Gasteiger partial charge in [0.25, 0.3) is 5.91 Å². The molecule has 0 atom stereocenters. The van der Waals surface area contributed by atoms with Crippen molar-refractivity contribution in [2.45, 2.75) is 11.3 Å². The van der Waals surface area contributed by atoms with Gasteiger partial charge in [-0.2, -0.15) is 0 Å². The second-order valence-electron chi connectivity index (χ2n) is 7.59. The molecule has 6 nitrogen and oxygen atoms in total. The minimum Gasteiger partial charge on any atom is -0.483 e. The molecule has 4 aromatic carbocycles. The number of hydrogen-bond donors (Lipinski definition) is 2. The Kier molecular flexibility index (Phi) is 7.62. The lowest BCUT2D eigenvalue weighted by molar-refractivity contribution is -0.118. The van der Waals surface area contributed by atoms with Crippen molar-refractivity contribution in [3.8, 4) is 5.75 Å². The summed E-state index contributed by atoms with van der Waals surface area (Å²) in [6, 6.07) is 27.3. The number of sulfonamides is 1. The van der Waals surface area contributed by atoms with Crippen LogP contribution >= 0.6 is 15.9 Å². The number of halogens is 1. The highest BCUT2D eigenvalue weighted by Crippen LogP contribution is 2.33. The predicted octanol–water partition coefficient (Wildman–Crippen LogP) is 5.14. The zero-order valence-electron chi connectivity index (χ0n) is 18.2. The van der Waals surface area contributed by atoms with Gasteiger partial charge in [0.1, 0.15) is 5.75 Å². The first-order valence-electron chi connectivity index (χ1n) is 10.7. The molecule has 0 unspecified atom stereocenters. The molecule has 0 spiro atoms. The predicted molar refractivity (Wildman–Crippen MR) is 138 cm³/mol. The van der Waals surface area contributed by atoms with Crippen LogP contribution in [0.3, 0.4) is 0 Å². The highest BCUT2D eigenvalue weighted by Gasteiger charge is 2.14. The number of rotatable bonds is 9. The fourth-order valence-corrected chi connectivity index (χ4v) is 5.08. The van der Waals surface area contributed by atoms with Crippen LogP contribution in [0, 0.1) is 0 Å². The number of carbonyl (C=O) groups is 1. The van der Waals surface area contributed by atoms with E-state index in [2.05, 4.69) is 26.0 Å². The van der Waals surface area contributed by atoms with Gasteiger partial charge in [-0.3, -0.25) is 4.79 Å². The van der Waals surface area contributed by atoms with Crippen molar-refractivity contribution < 1.29 is 17.9 Å². The Morgan fingerprint density at radius 1 is 0.853 bits per heavy atom. The second-order valence-corrected chi connectivity index (χ2v) is 10.2. The van der Waals surface area contributed by atoms with Gasteiger partial charge in [0.05, 0.1) is 9.37 Å². The number of hydrogen-bond acceptors (Lipinski definition) is 4. The molecule has 0 aliphatic heterocycles. The Bertz CT molecular complexity index is 1390. The maximum absolute atomic E-state index is 12.5. The molecule has 0 aliphatic carbocycles. The van der Waals surface area contributed by atoms with E-state index in [0.717, 1.165) is 20.8 Å². The molecule has 0 bridgehead atoms. The molecule has 0 radical (unpaired) electrons. The molecule has 1 amide bonds. The third kappa shape index (κ3) is 6.02. The van der Waals surface area contributed by atoms with Crippen LogP contribution in [0.25, 0.3) is 10.8 Å². The van der Waals surface area contributed by atoms with E-state index in [-0.39, 0.29) is 17.4 Å². The molecule has 34 heavy (non-hydrogen) atoms. The Morgan fingerprint density at radius 2 is 1.56 bits per heavy atom. The summed E-state index contributed by atoms with van der Waals surface area (Å²) >= 11 is 3.54. The number of ether oxygens (including phenoxy) is 1. The van der Waals surface area contributed by atoms with E-state index in [1.807, 2.05) is 66.7 Å². The second kappa shape index (κ2) is 10.8. The Labute approximate surface area is 207 Å². The van der Waals surface area contributed by atoms with Gasteiger partial charge in [0.15, 0.2) is 6.61 Å². The average Bonchev–Trinajstić information content (AvgIpc) is 2.85. The topological polar surface area (TPSA) is 84.5 Å². The summed E-state index contributed by atoms with van der Waals surface area (Å²) in [5.74, 6) is 0.216. The SMILES string of the molecule is O=C(COc1ccc2ccccc2c1Br)Nc1ccc(S(=O)(=O)NCCc2ccccc2)cc1. The van der Waals surface area contributed by atoms with Crippen molar-refractivity contribution >= 4 is 48.3 Å². The van der Waals surface area contributed by atoms with E-state index in [1.54, 1.807) is 12.1 Å². The summed E-state index contributed by atoms with van der Waals surface area (Å²) in [6.07, 6.45) is 0.599. The number of anilines is 1. The first kappa shape index (κ1) is 23.9. The van der Waals surface area contributed by atoms with Crippen molar-refractivity contribution in [3.05, 3.63) is 101 Å². The van der Waals surface area contributed by atoms with Crippen LogP contribution in [0.5, 0.6) is 5.75 Å². The summed E-state index contributed by atoms with van der Waals surface area (Å²) in [5.41, 5.74) is 1.54. The largest absolute Gasteiger partial charge is 0.483 e. The van der Waals surface area contributed by atoms with Crippen LogP contribution in [-0.2, 0) is 21.2 Å². The molecule has 0 aliphatic rings. The highest BCUT2D eigenvalue weighted by atomic mass is 79.9. The molecular weight excluding hydrogens is 516 g/mol. The number of fused-ring (bicyclic) bond motifs is 1. The van der Waals surface area contributed by atoms with Crippen molar-refractivity contribution in [2.24, 2.45) is 0 Å². The van der Waals surface area contributed by atoms with E-state index >= 15 is 0 Å². The fourth-order valence-electron chi connectivity index (χ4n) is 3.44. The normalized spacial score (nSPS) is 11.3. The van der Waals surface area contributed by atoms with E-state index in [1.165, 1.54) is 12.1 Å². The van der Waals surface area contributed by atoms with E-state index in [9.17, 15) is 13.2 Å². The highest BCUT2D eigenvalue weighted by molar-refractivity contribution is 9.10. The van der Waals surface area contributed by atoms with Crippen molar-refractivity contribution in [3.63, 3.8) is 0 Å². The first-order chi connectivity index (χ1) is 16.4. The number of nitrogens with one attached hydrogen (secondary N) is 2. The summed E-state index contributed by atoms with van der Waals surface area (Å²) < 4.78 is 34.1. The third-order valence-electron chi connectivity index (χ3n) is 5.18. The number of amides is 1. The molecule has 0 aromatic heterocycles. The molecule has 2 N–H and O–H groups in total. The molecule has 4 rings (SSSR count). The van der Waals surface area contributed by atoms with Gasteiger partial charge in [-0.15, -0.1) is 0 Å². The molecule has 174 valence electrons. The summed E-state index contributed by atoms with van der Waals surface area (Å²) in [5, 5.41) is 4.78. The van der Waals surface area contributed by atoms with E-state index < -0.39 is 10.0 Å². The van der Waals surface area contributed by atoms with Crippen LogP contribution < -0.4 is 14.8 Å². The van der Waals surface area contributed by atoms with Crippen LogP contribution in [0.4, 0.5) is 5.69 Å². The van der Waals surface area contributed by atoms with Gasteiger partial charge in [-0.25, -0.2) is 13.1 Å². The van der Waals surface area contributed by atoms with Crippen LogP contribution in [0.1, 0.15) is 5.56 Å². The van der Waals surface area contributed by atoms with Gasteiger partial charge in [0, 0.05) is 12.2 Å². The average molecular weight is 539 g/mol. The van der Waals surface area contributed by atoms with Crippen molar-refractivity contribution in [2.75, 3.05) is 18.5 Å². The summed E-state index contributed by atoms with van der Waals surface area (Å²) in [7, 11) is -3.64. The number of carbonyl (C=O) groups excluding carboxylic acids is 1. The molecule has 4 aromatic rings. The zero-order chi connectivity index (χ0) is 24.0. The monoisotopic (exact) mass is 538 g/mol. The molecule has 0 saturated carbocycles. The van der Waals surface area contributed by atoms with Crippen LogP contribution in [-0.4, -0.2) is 27.5 Å². The molecular formula is C26H23BrN2O4S. The minimum absolute atomic E-state index is 0.134. The Hall–Kier alpha value is -3.20. The fraction of sp³-hybridized carbons (Fsp3) is 0.115. The van der Waals surface area contributed by atoms with Gasteiger partial charge in [-0.1, -0.05) is 60.7 Å². The molecule has 0 fully saturated rings. The maximum atomic E-state index is 12.5. The van der Waals surface area contributed by atoms with Gasteiger partial charge >= 0.3 is 0 Å². The van der Waals surface area contributed by atoms with Gasteiger partial charge in [-0.05, 0) is 69.0 Å². The Morgan fingerprint density at radius 3 is 2.32 bits per heavy atom. The Balaban J connectivity index is 1.30. The number of benzene rings is 4. The lowest BCUT2D eigenvalue weighted by Gasteiger charge is -2.11. The third-order valence-corrected chi connectivity index (χ3v) is 7.48. The van der Waals surface area contributed by atoms with Crippen molar-refractivity contribution in [1.29, 1.82) is 0 Å². The lowest BCUT2D eigenvalue weighted by Crippen LogP contribution is -2.26. The zero-order valence-corrected chi connectivity index (χ0v) is 20.6. The maximum Gasteiger partial charge on any atom is 0.262 e. The van der Waals surface area contributed by atoms with Crippen LogP contribution in [0.15, 0.2) is 100 Å². The molecule has 8 heteroatoms. The van der Waals surface area contributed by atoms with E-state index in [4.69, 9.17) is 4.74 Å². The van der Waals surface area contributed by atoms with E-state index in [0.29, 0.717) is 24.4 Å². The van der Waals surface area contributed by atoms with Gasteiger partial charge < -0.3 is 10.1 Å². The van der Waals surface area contributed by atoms with Gasteiger partial charge in [0.2, 0.25) is 10.0 Å². The first-order valence-corrected chi connectivity index (χ1v) is 12.9. The lowest BCUT2D eigenvalue weighted by atomic mass is 10.1. The minimum atomic E-state index is -3.64. The molecule has 0 saturated heterocycles. The summed E-state index contributed by atoms with van der Waals surface area (Å²) in [4.78, 5) is 12.5.